The molecule has 18 heavy (non-hydrogen) atoms. The first-order chi connectivity index (χ1) is 8.58. The van der Waals surface area contributed by atoms with Crippen molar-refractivity contribution in [3.63, 3.8) is 0 Å². The highest BCUT2D eigenvalue weighted by Gasteiger charge is 2.36. The third-order valence-corrected chi connectivity index (χ3v) is 4.25. The largest absolute Gasteiger partial charge is 0.385 e. The minimum atomic E-state index is 0.267. The molecular weight excluding hydrogens is 224 g/mol. The maximum Gasteiger partial charge on any atom is 0.0462 e. The van der Waals surface area contributed by atoms with E-state index in [1.54, 1.807) is 7.11 Å². The molecule has 110 valence electrons. The molecule has 0 aliphatic rings. The minimum absolute atomic E-state index is 0.267. The van der Waals surface area contributed by atoms with Gasteiger partial charge in [0, 0.05) is 25.3 Å². The van der Waals surface area contributed by atoms with Gasteiger partial charge in [0.1, 0.15) is 0 Å². The number of nitrogens with zero attached hydrogens (tertiary/aromatic N) is 1. The summed E-state index contributed by atoms with van der Waals surface area (Å²) in [6.45, 7) is 8.81. The average Bonchev–Trinajstić information content (AvgIpc) is 2.36. The van der Waals surface area contributed by atoms with Crippen LogP contribution < -0.4 is 5.32 Å². The fourth-order valence-electron chi connectivity index (χ4n) is 3.00. The van der Waals surface area contributed by atoms with Crippen LogP contribution >= 0.6 is 0 Å². The van der Waals surface area contributed by atoms with E-state index in [0.717, 1.165) is 19.6 Å². The molecule has 0 heterocycles. The van der Waals surface area contributed by atoms with Crippen molar-refractivity contribution in [1.29, 1.82) is 0 Å². The number of rotatable bonds is 11. The molecule has 0 aliphatic carbocycles. The smallest absolute Gasteiger partial charge is 0.0462 e. The molecule has 0 amide bonds. The SMILES string of the molecule is CCCNC(CCCOC)C(CC)(CC)N(C)C. The van der Waals surface area contributed by atoms with Crippen molar-refractivity contribution in [3.8, 4) is 0 Å². The lowest BCUT2D eigenvalue weighted by atomic mass is 9.81. The Morgan fingerprint density at radius 1 is 1.17 bits per heavy atom. The molecule has 3 nitrogen and oxygen atoms in total. The monoisotopic (exact) mass is 258 g/mol. The van der Waals surface area contributed by atoms with Gasteiger partial charge in [-0.3, -0.25) is 0 Å². The fourth-order valence-corrected chi connectivity index (χ4v) is 3.00. The van der Waals surface area contributed by atoms with Crippen LogP contribution in [-0.4, -0.2) is 50.8 Å². The molecule has 0 bridgehead atoms. The Labute approximate surface area is 114 Å². The second kappa shape index (κ2) is 9.76. The molecule has 0 rings (SSSR count). The Hall–Kier alpha value is -0.120. The zero-order valence-corrected chi connectivity index (χ0v) is 13.4. The lowest BCUT2D eigenvalue weighted by Gasteiger charge is -2.46. The topological polar surface area (TPSA) is 24.5 Å². The molecule has 0 spiro atoms. The van der Waals surface area contributed by atoms with Crippen LogP contribution in [0.5, 0.6) is 0 Å². The van der Waals surface area contributed by atoms with Gasteiger partial charge in [0.25, 0.3) is 0 Å². The Morgan fingerprint density at radius 3 is 2.17 bits per heavy atom. The number of ether oxygens (including phenoxy) is 1. The van der Waals surface area contributed by atoms with Crippen molar-refractivity contribution in [1.82, 2.24) is 10.2 Å². The molecule has 0 radical (unpaired) electrons. The van der Waals surface area contributed by atoms with E-state index in [9.17, 15) is 0 Å². The molecule has 3 heteroatoms. The molecule has 0 saturated heterocycles. The number of hydrogen-bond acceptors (Lipinski definition) is 3. The summed E-state index contributed by atoms with van der Waals surface area (Å²) in [5.41, 5.74) is 0.267. The van der Waals surface area contributed by atoms with E-state index in [4.69, 9.17) is 4.74 Å². The van der Waals surface area contributed by atoms with Gasteiger partial charge in [-0.2, -0.15) is 0 Å². The molecule has 0 fully saturated rings. The van der Waals surface area contributed by atoms with Gasteiger partial charge in [0.05, 0.1) is 0 Å². The zero-order valence-electron chi connectivity index (χ0n) is 13.4. The molecular formula is C15H34N2O. The summed E-state index contributed by atoms with van der Waals surface area (Å²) in [6.07, 6.45) is 5.88. The Balaban J connectivity index is 4.73. The quantitative estimate of drug-likeness (QED) is 0.577. The van der Waals surface area contributed by atoms with Crippen LogP contribution in [0.2, 0.25) is 0 Å². The van der Waals surface area contributed by atoms with Crippen LogP contribution in [0.25, 0.3) is 0 Å². The highest BCUT2D eigenvalue weighted by atomic mass is 16.5. The van der Waals surface area contributed by atoms with Crippen molar-refractivity contribution in [2.75, 3.05) is 34.4 Å². The lowest BCUT2D eigenvalue weighted by Crippen LogP contribution is -2.58. The second-order valence-electron chi connectivity index (χ2n) is 5.35. The summed E-state index contributed by atoms with van der Waals surface area (Å²) in [7, 11) is 6.21. The van der Waals surface area contributed by atoms with Crippen LogP contribution in [0.4, 0.5) is 0 Å². The van der Waals surface area contributed by atoms with Crippen LogP contribution in [-0.2, 0) is 4.74 Å². The van der Waals surface area contributed by atoms with Crippen LogP contribution in [0.3, 0.4) is 0 Å². The third kappa shape index (κ3) is 4.87. The van der Waals surface area contributed by atoms with Crippen molar-refractivity contribution in [3.05, 3.63) is 0 Å². The maximum atomic E-state index is 5.20. The molecule has 1 N–H and O–H groups in total. The van der Waals surface area contributed by atoms with E-state index >= 15 is 0 Å². The minimum Gasteiger partial charge on any atom is -0.385 e. The van der Waals surface area contributed by atoms with Gasteiger partial charge >= 0.3 is 0 Å². The van der Waals surface area contributed by atoms with Gasteiger partial charge < -0.3 is 15.0 Å². The summed E-state index contributed by atoms with van der Waals surface area (Å²) in [4.78, 5) is 2.41. The predicted molar refractivity (Wildman–Crippen MR) is 80.2 cm³/mol. The standard InChI is InChI=1S/C15H34N2O/c1-7-12-16-14(11-10-13-18-6)15(8-2,9-3)17(4)5/h14,16H,7-13H2,1-6H3. The number of hydrogen-bond donors (Lipinski definition) is 1. The summed E-state index contributed by atoms with van der Waals surface area (Å²) in [5.74, 6) is 0. The summed E-state index contributed by atoms with van der Waals surface area (Å²) < 4.78 is 5.20. The van der Waals surface area contributed by atoms with E-state index in [1.807, 2.05) is 0 Å². The number of methoxy groups -OCH3 is 1. The molecule has 0 aliphatic heterocycles. The fraction of sp³-hybridized carbons (Fsp3) is 1.00. The highest BCUT2D eigenvalue weighted by Crippen LogP contribution is 2.28. The third-order valence-electron chi connectivity index (χ3n) is 4.25. The first-order valence-corrected chi connectivity index (χ1v) is 7.48. The van der Waals surface area contributed by atoms with Gasteiger partial charge in [0.15, 0.2) is 0 Å². The molecule has 1 unspecified atom stereocenters. The maximum absolute atomic E-state index is 5.20. The van der Waals surface area contributed by atoms with E-state index in [-0.39, 0.29) is 5.54 Å². The molecule has 0 aromatic carbocycles. The highest BCUT2D eigenvalue weighted by molar-refractivity contribution is 4.96. The molecule has 0 aromatic rings. The van der Waals surface area contributed by atoms with Crippen molar-refractivity contribution in [2.24, 2.45) is 0 Å². The van der Waals surface area contributed by atoms with E-state index in [2.05, 4.69) is 45.1 Å². The van der Waals surface area contributed by atoms with Gasteiger partial charge in [-0.25, -0.2) is 0 Å². The van der Waals surface area contributed by atoms with E-state index in [1.165, 1.54) is 25.7 Å². The van der Waals surface area contributed by atoms with Crippen molar-refractivity contribution in [2.45, 2.75) is 64.5 Å². The van der Waals surface area contributed by atoms with Crippen LogP contribution in [0.1, 0.15) is 52.9 Å². The first-order valence-electron chi connectivity index (χ1n) is 7.48. The number of nitrogens with one attached hydrogen (secondary N) is 1. The Morgan fingerprint density at radius 2 is 1.78 bits per heavy atom. The van der Waals surface area contributed by atoms with Crippen molar-refractivity contribution >= 4 is 0 Å². The van der Waals surface area contributed by atoms with E-state index in [0.29, 0.717) is 6.04 Å². The second-order valence-corrected chi connectivity index (χ2v) is 5.35. The molecule has 0 saturated carbocycles. The number of likely N-dealkylation sites (N-methyl/N-ethyl adjacent to an activating group) is 1. The first kappa shape index (κ1) is 17.9. The predicted octanol–water partition coefficient (Wildman–Crippen LogP) is 2.90. The van der Waals surface area contributed by atoms with Crippen LogP contribution in [0.15, 0.2) is 0 Å². The van der Waals surface area contributed by atoms with Gasteiger partial charge in [0.2, 0.25) is 0 Å². The molecule has 1 atom stereocenters. The normalized spacial score (nSPS) is 14.2. The summed E-state index contributed by atoms with van der Waals surface area (Å²) >= 11 is 0. The zero-order chi connectivity index (χ0) is 14.0. The van der Waals surface area contributed by atoms with Gasteiger partial charge in [-0.05, 0) is 52.7 Å². The molecule has 0 aromatic heterocycles. The average molecular weight is 258 g/mol. The van der Waals surface area contributed by atoms with E-state index < -0.39 is 0 Å². The summed E-state index contributed by atoms with van der Waals surface area (Å²) in [5, 5.41) is 3.76. The van der Waals surface area contributed by atoms with Crippen molar-refractivity contribution < 1.29 is 4.74 Å². The van der Waals surface area contributed by atoms with Crippen LogP contribution in [0, 0.1) is 0 Å². The Kier molecular flexibility index (Phi) is 9.70. The van der Waals surface area contributed by atoms with Gasteiger partial charge in [-0.15, -0.1) is 0 Å². The van der Waals surface area contributed by atoms with Gasteiger partial charge in [-0.1, -0.05) is 20.8 Å². The lowest BCUT2D eigenvalue weighted by molar-refractivity contribution is 0.0779. The Bertz CT molecular complexity index is 191. The summed E-state index contributed by atoms with van der Waals surface area (Å²) in [6, 6.07) is 0.553.